The maximum Gasteiger partial charge on any atom is 0.416 e. The van der Waals surface area contributed by atoms with Gasteiger partial charge in [0.25, 0.3) is 0 Å². The van der Waals surface area contributed by atoms with Gasteiger partial charge in [0.05, 0.1) is 18.7 Å². The topological polar surface area (TPSA) is 50.4 Å². The van der Waals surface area contributed by atoms with Gasteiger partial charge in [-0.05, 0) is 42.8 Å². The summed E-state index contributed by atoms with van der Waals surface area (Å²) >= 11 is 0. The second kappa shape index (κ2) is 8.41. The van der Waals surface area contributed by atoms with E-state index in [1.165, 1.54) is 12.1 Å². The highest BCUT2D eigenvalue weighted by atomic mass is 19.4. The molecule has 0 saturated carbocycles. The monoisotopic (exact) mass is 352 g/mol. The lowest BCUT2D eigenvalue weighted by Crippen LogP contribution is -2.33. The van der Waals surface area contributed by atoms with E-state index in [9.17, 15) is 18.0 Å². The van der Waals surface area contributed by atoms with Gasteiger partial charge in [0.15, 0.2) is 0 Å². The van der Waals surface area contributed by atoms with Crippen molar-refractivity contribution in [1.82, 2.24) is 5.32 Å². The number of carbonyl (C=O) groups is 1. The molecule has 7 heteroatoms. The van der Waals surface area contributed by atoms with Crippen molar-refractivity contribution < 1.29 is 22.7 Å². The molecule has 0 unspecified atom stereocenters. The molecule has 0 aliphatic heterocycles. The van der Waals surface area contributed by atoms with Crippen LogP contribution in [0, 0.1) is 6.92 Å². The van der Waals surface area contributed by atoms with Gasteiger partial charge in [0, 0.05) is 5.69 Å². The maximum atomic E-state index is 12.6. The summed E-state index contributed by atoms with van der Waals surface area (Å²) in [4.78, 5) is 11.7. The van der Waals surface area contributed by atoms with Crippen molar-refractivity contribution in [2.45, 2.75) is 13.1 Å². The largest absolute Gasteiger partial charge is 0.492 e. The van der Waals surface area contributed by atoms with Gasteiger partial charge >= 0.3 is 6.18 Å². The lowest BCUT2D eigenvalue weighted by Gasteiger charge is -2.11. The molecule has 2 aromatic rings. The number of rotatable bonds is 7. The minimum absolute atomic E-state index is 0.119. The van der Waals surface area contributed by atoms with Crippen molar-refractivity contribution >= 4 is 11.6 Å². The van der Waals surface area contributed by atoms with E-state index >= 15 is 0 Å². The molecule has 0 fully saturated rings. The molecule has 2 aromatic carbocycles. The van der Waals surface area contributed by atoms with Crippen molar-refractivity contribution in [3.8, 4) is 5.75 Å². The first-order chi connectivity index (χ1) is 11.8. The quantitative estimate of drug-likeness (QED) is 0.749. The van der Waals surface area contributed by atoms with Crippen LogP contribution in [0.4, 0.5) is 18.9 Å². The van der Waals surface area contributed by atoms with E-state index in [1.807, 2.05) is 31.2 Å². The van der Waals surface area contributed by atoms with Gasteiger partial charge in [-0.3, -0.25) is 4.79 Å². The third-order valence-electron chi connectivity index (χ3n) is 3.33. The Bertz CT molecular complexity index is 717. The van der Waals surface area contributed by atoms with E-state index in [2.05, 4.69) is 10.6 Å². The lowest BCUT2D eigenvalue weighted by molar-refractivity contribution is -0.137. The van der Waals surface area contributed by atoms with Crippen molar-refractivity contribution in [2.24, 2.45) is 0 Å². The average Bonchev–Trinajstić information content (AvgIpc) is 2.56. The Morgan fingerprint density at radius 2 is 1.88 bits per heavy atom. The summed E-state index contributed by atoms with van der Waals surface area (Å²) in [6.45, 7) is 2.44. The number of halogens is 3. The number of alkyl halides is 3. The number of nitrogens with one attached hydrogen (secondary N) is 2. The highest BCUT2D eigenvalue weighted by Crippen LogP contribution is 2.30. The van der Waals surface area contributed by atoms with E-state index in [1.54, 1.807) is 0 Å². The van der Waals surface area contributed by atoms with Crippen LogP contribution in [-0.2, 0) is 11.0 Å². The van der Waals surface area contributed by atoms with Crippen LogP contribution in [0.25, 0.3) is 0 Å². The first-order valence-corrected chi connectivity index (χ1v) is 7.72. The molecule has 0 radical (unpaired) electrons. The predicted octanol–water partition coefficient (Wildman–Crippen LogP) is 3.62. The first kappa shape index (κ1) is 18.6. The zero-order valence-corrected chi connectivity index (χ0v) is 13.7. The van der Waals surface area contributed by atoms with Crippen molar-refractivity contribution in [1.29, 1.82) is 0 Å². The molecular weight excluding hydrogens is 333 g/mol. The second-order valence-corrected chi connectivity index (χ2v) is 5.45. The van der Waals surface area contributed by atoms with Crippen LogP contribution in [0.3, 0.4) is 0 Å². The number of aryl methyl sites for hydroxylation is 1. The smallest absolute Gasteiger partial charge is 0.416 e. The van der Waals surface area contributed by atoms with Crippen LogP contribution in [-0.4, -0.2) is 25.6 Å². The third kappa shape index (κ3) is 6.37. The van der Waals surface area contributed by atoms with Gasteiger partial charge in [0.2, 0.25) is 5.91 Å². The van der Waals surface area contributed by atoms with E-state index in [4.69, 9.17) is 4.74 Å². The summed E-state index contributed by atoms with van der Waals surface area (Å²) in [5, 5.41) is 5.30. The molecule has 1 amide bonds. The van der Waals surface area contributed by atoms with E-state index in [0.717, 1.165) is 23.4 Å². The normalized spacial score (nSPS) is 11.0. The molecule has 2 N–H and O–H groups in total. The number of hydrogen-bond donors (Lipinski definition) is 2. The Hall–Kier alpha value is -2.70. The minimum atomic E-state index is -4.41. The highest BCUT2D eigenvalue weighted by Gasteiger charge is 2.30. The van der Waals surface area contributed by atoms with E-state index in [0.29, 0.717) is 13.2 Å². The number of benzene rings is 2. The van der Waals surface area contributed by atoms with Gasteiger partial charge in [-0.1, -0.05) is 18.2 Å². The molecular formula is C18H19F3N2O2. The Balaban J connectivity index is 1.70. The molecule has 0 bridgehead atoms. The molecule has 0 aromatic heterocycles. The molecule has 2 rings (SSSR count). The van der Waals surface area contributed by atoms with Crippen LogP contribution in [0.2, 0.25) is 0 Å². The third-order valence-corrected chi connectivity index (χ3v) is 3.33. The molecule has 134 valence electrons. The van der Waals surface area contributed by atoms with Gasteiger partial charge in [0.1, 0.15) is 12.4 Å². The molecule has 25 heavy (non-hydrogen) atoms. The van der Waals surface area contributed by atoms with Gasteiger partial charge < -0.3 is 15.4 Å². The standard InChI is InChI=1S/C18H19F3N2O2/c1-13-4-2-7-16(10-13)25-9-8-22-17(24)12-23-15-6-3-5-14(11-15)18(19,20)21/h2-7,10-11,23H,8-9,12H2,1H3,(H,22,24). The summed E-state index contributed by atoms with van der Waals surface area (Å²) in [6.07, 6.45) is -4.41. The Kier molecular flexibility index (Phi) is 6.27. The van der Waals surface area contributed by atoms with Crippen LogP contribution in [0.15, 0.2) is 48.5 Å². The van der Waals surface area contributed by atoms with Crippen LogP contribution < -0.4 is 15.4 Å². The zero-order valence-electron chi connectivity index (χ0n) is 13.7. The molecule has 0 saturated heterocycles. The Morgan fingerprint density at radius 3 is 2.60 bits per heavy atom. The molecule has 4 nitrogen and oxygen atoms in total. The molecule has 0 aliphatic rings. The summed E-state index contributed by atoms with van der Waals surface area (Å²) in [7, 11) is 0. The van der Waals surface area contributed by atoms with Crippen molar-refractivity contribution in [3.05, 3.63) is 59.7 Å². The van der Waals surface area contributed by atoms with Gasteiger partial charge in [-0.15, -0.1) is 0 Å². The first-order valence-electron chi connectivity index (χ1n) is 7.72. The van der Waals surface area contributed by atoms with Crippen molar-refractivity contribution in [2.75, 3.05) is 25.0 Å². The number of amides is 1. The Labute approximate surface area is 144 Å². The Morgan fingerprint density at radius 1 is 1.12 bits per heavy atom. The summed E-state index contributed by atoms with van der Waals surface area (Å²) in [5.74, 6) is 0.390. The molecule has 0 spiro atoms. The van der Waals surface area contributed by atoms with Gasteiger partial charge in [-0.25, -0.2) is 0 Å². The fourth-order valence-corrected chi connectivity index (χ4v) is 2.11. The van der Waals surface area contributed by atoms with E-state index < -0.39 is 11.7 Å². The number of hydrogen-bond acceptors (Lipinski definition) is 3. The van der Waals surface area contributed by atoms with Crippen LogP contribution >= 0.6 is 0 Å². The SMILES string of the molecule is Cc1cccc(OCCNC(=O)CNc2cccc(C(F)(F)F)c2)c1. The summed E-state index contributed by atoms with van der Waals surface area (Å²) in [6, 6.07) is 12.3. The fourth-order valence-electron chi connectivity index (χ4n) is 2.11. The molecule has 0 aliphatic carbocycles. The second-order valence-electron chi connectivity index (χ2n) is 5.45. The lowest BCUT2D eigenvalue weighted by atomic mass is 10.2. The molecule has 0 heterocycles. The number of carbonyl (C=O) groups excluding carboxylic acids is 1. The minimum Gasteiger partial charge on any atom is -0.492 e. The van der Waals surface area contributed by atoms with Crippen LogP contribution in [0.5, 0.6) is 5.75 Å². The number of ether oxygens (including phenoxy) is 1. The average molecular weight is 352 g/mol. The molecule has 0 atom stereocenters. The highest BCUT2D eigenvalue weighted by molar-refractivity contribution is 5.80. The van der Waals surface area contributed by atoms with Gasteiger partial charge in [-0.2, -0.15) is 13.2 Å². The van der Waals surface area contributed by atoms with Crippen molar-refractivity contribution in [3.63, 3.8) is 0 Å². The zero-order chi connectivity index (χ0) is 18.3. The fraction of sp³-hybridized carbons (Fsp3) is 0.278. The maximum absolute atomic E-state index is 12.6. The summed E-state index contributed by atoms with van der Waals surface area (Å²) in [5.41, 5.74) is 0.553. The predicted molar refractivity (Wildman–Crippen MR) is 89.6 cm³/mol. The number of anilines is 1. The van der Waals surface area contributed by atoms with Crippen LogP contribution in [0.1, 0.15) is 11.1 Å². The summed E-state index contributed by atoms with van der Waals surface area (Å²) < 4.78 is 43.3. The van der Waals surface area contributed by atoms with E-state index in [-0.39, 0.29) is 18.1 Å².